The van der Waals surface area contributed by atoms with E-state index in [2.05, 4.69) is 10.2 Å². The summed E-state index contributed by atoms with van der Waals surface area (Å²) in [5, 5.41) is 3.04. The van der Waals surface area contributed by atoms with Crippen molar-refractivity contribution < 1.29 is 14.3 Å². The molecule has 3 rings (SSSR count). The first-order valence-electron chi connectivity index (χ1n) is 8.49. The summed E-state index contributed by atoms with van der Waals surface area (Å²) in [6.45, 7) is 5.37. The number of ether oxygens (including phenoxy) is 2. The highest BCUT2D eigenvalue weighted by atomic mass is 35.5. The normalized spacial score (nSPS) is 26.7. The van der Waals surface area contributed by atoms with Gasteiger partial charge in [0.15, 0.2) is 0 Å². The van der Waals surface area contributed by atoms with Gasteiger partial charge in [-0.25, -0.2) is 0 Å². The van der Waals surface area contributed by atoms with Crippen molar-refractivity contribution in [3.63, 3.8) is 0 Å². The van der Waals surface area contributed by atoms with E-state index in [1.807, 2.05) is 24.3 Å². The molecule has 2 atom stereocenters. The third-order valence-electron chi connectivity index (χ3n) is 5.20. The maximum atomic E-state index is 12.5. The molecule has 1 amide bonds. The Morgan fingerprint density at radius 2 is 1.92 bits per heavy atom. The first kappa shape index (κ1) is 18.8. The van der Waals surface area contributed by atoms with Gasteiger partial charge in [-0.05, 0) is 31.0 Å². The molecule has 0 radical (unpaired) electrons. The number of amides is 1. The second-order valence-electron chi connectivity index (χ2n) is 6.86. The number of hydrogen-bond acceptors (Lipinski definition) is 4. The van der Waals surface area contributed by atoms with Gasteiger partial charge in [-0.15, -0.1) is 23.2 Å². The Bertz CT molecular complexity index is 617. The minimum absolute atomic E-state index is 0.0705. The van der Waals surface area contributed by atoms with Crippen molar-refractivity contribution >= 4 is 29.1 Å². The molecule has 0 spiro atoms. The molecule has 2 aliphatic rings. The molecule has 0 bridgehead atoms. The van der Waals surface area contributed by atoms with E-state index in [4.69, 9.17) is 32.7 Å². The fraction of sp³-hybridized carbons (Fsp3) is 0.611. The van der Waals surface area contributed by atoms with Crippen LogP contribution in [0.1, 0.15) is 24.9 Å². The van der Waals surface area contributed by atoms with E-state index >= 15 is 0 Å². The number of benzene rings is 1. The molecule has 1 saturated heterocycles. The lowest BCUT2D eigenvalue weighted by Gasteiger charge is -2.35. The minimum atomic E-state index is -0.953. The number of morpholine rings is 1. The summed E-state index contributed by atoms with van der Waals surface area (Å²) in [6.07, 6.45) is 0.486. The number of nitrogens with one attached hydrogen (secondary N) is 1. The Hall–Kier alpha value is -1.01. The standard InChI is InChI=1S/C18H24Cl2N2O3/c1-17(12-18(17,19)20)16(23)21-11-15(22-7-9-25-10-8-22)13-3-5-14(24-2)6-4-13/h3-6,15H,7-12H2,1-2H3,(H,21,23). The van der Waals surface area contributed by atoms with E-state index in [1.54, 1.807) is 14.0 Å². The lowest BCUT2D eigenvalue weighted by atomic mass is 10.0. The minimum Gasteiger partial charge on any atom is -0.497 e. The zero-order valence-electron chi connectivity index (χ0n) is 14.6. The molecule has 1 N–H and O–H groups in total. The highest BCUT2D eigenvalue weighted by Crippen LogP contribution is 2.63. The number of methoxy groups -OCH3 is 1. The van der Waals surface area contributed by atoms with Crippen LogP contribution in [-0.4, -0.2) is 55.1 Å². The molecular formula is C18H24Cl2N2O3. The van der Waals surface area contributed by atoms with Crippen LogP contribution in [0.25, 0.3) is 0 Å². The van der Waals surface area contributed by atoms with Gasteiger partial charge in [0.25, 0.3) is 0 Å². The summed E-state index contributed by atoms with van der Waals surface area (Å²) >= 11 is 12.2. The molecule has 1 heterocycles. The number of nitrogens with zero attached hydrogens (tertiary/aromatic N) is 1. The van der Waals surface area contributed by atoms with E-state index in [9.17, 15) is 4.79 Å². The summed E-state index contributed by atoms with van der Waals surface area (Å²) in [7, 11) is 1.65. The average Bonchev–Trinajstić information content (AvgIpc) is 3.15. The molecule has 1 saturated carbocycles. The number of hydrogen-bond donors (Lipinski definition) is 1. The van der Waals surface area contributed by atoms with Crippen LogP contribution in [0.5, 0.6) is 5.75 Å². The predicted molar refractivity (Wildman–Crippen MR) is 98.3 cm³/mol. The van der Waals surface area contributed by atoms with Crippen LogP contribution in [-0.2, 0) is 9.53 Å². The predicted octanol–water partition coefficient (Wildman–Crippen LogP) is 2.77. The van der Waals surface area contributed by atoms with E-state index in [0.717, 1.165) is 24.4 Å². The van der Waals surface area contributed by atoms with Crippen molar-refractivity contribution in [1.29, 1.82) is 0 Å². The molecule has 7 heteroatoms. The Kier molecular flexibility index (Phi) is 5.49. The van der Waals surface area contributed by atoms with Crippen LogP contribution in [0.2, 0.25) is 0 Å². The van der Waals surface area contributed by atoms with Gasteiger partial charge in [-0.2, -0.15) is 0 Å². The molecule has 25 heavy (non-hydrogen) atoms. The monoisotopic (exact) mass is 386 g/mol. The molecule has 2 unspecified atom stereocenters. The Balaban J connectivity index is 1.71. The van der Waals surface area contributed by atoms with E-state index in [-0.39, 0.29) is 11.9 Å². The molecule has 5 nitrogen and oxygen atoms in total. The summed E-state index contributed by atoms with van der Waals surface area (Å²) in [5.74, 6) is 0.720. The zero-order chi connectivity index (χ0) is 18.1. The molecule has 1 aromatic carbocycles. The average molecular weight is 387 g/mol. The number of carbonyl (C=O) groups excluding carboxylic acids is 1. The molecule has 2 fully saturated rings. The van der Waals surface area contributed by atoms with Crippen molar-refractivity contribution in [2.45, 2.75) is 23.7 Å². The molecule has 0 aromatic heterocycles. The van der Waals surface area contributed by atoms with Crippen molar-refractivity contribution in [3.05, 3.63) is 29.8 Å². The van der Waals surface area contributed by atoms with Crippen LogP contribution in [0, 0.1) is 5.41 Å². The third kappa shape index (κ3) is 3.90. The van der Waals surface area contributed by atoms with Gasteiger partial charge in [-0.3, -0.25) is 9.69 Å². The number of rotatable bonds is 6. The van der Waals surface area contributed by atoms with Crippen LogP contribution >= 0.6 is 23.2 Å². The molecule has 1 aliphatic carbocycles. The lowest BCUT2D eigenvalue weighted by Crippen LogP contribution is -2.45. The van der Waals surface area contributed by atoms with E-state index in [1.165, 1.54) is 0 Å². The molecule has 1 aliphatic heterocycles. The van der Waals surface area contributed by atoms with Crippen molar-refractivity contribution in [1.82, 2.24) is 10.2 Å². The van der Waals surface area contributed by atoms with Crippen LogP contribution < -0.4 is 10.1 Å². The maximum absolute atomic E-state index is 12.5. The number of alkyl halides is 2. The summed E-state index contributed by atoms with van der Waals surface area (Å²) in [5.41, 5.74) is 0.429. The van der Waals surface area contributed by atoms with Crippen LogP contribution in [0.4, 0.5) is 0 Å². The number of halogens is 2. The maximum Gasteiger partial charge on any atom is 0.229 e. The fourth-order valence-electron chi connectivity index (χ4n) is 3.20. The van der Waals surface area contributed by atoms with Crippen molar-refractivity contribution in [3.8, 4) is 5.75 Å². The van der Waals surface area contributed by atoms with Gasteiger partial charge in [0.05, 0.1) is 31.8 Å². The largest absolute Gasteiger partial charge is 0.497 e. The fourth-order valence-corrected chi connectivity index (χ4v) is 3.91. The second kappa shape index (κ2) is 7.31. The van der Waals surface area contributed by atoms with E-state index in [0.29, 0.717) is 26.2 Å². The summed E-state index contributed by atoms with van der Waals surface area (Å²) in [4.78, 5) is 14.8. The highest BCUT2D eigenvalue weighted by Gasteiger charge is 2.67. The molecular weight excluding hydrogens is 363 g/mol. The molecule has 1 aromatic rings. The van der Waals surface area contributed by atoms with Gasteiger partial charge in [0.2, 0.25) is 5.91 Å². The third-order valence-corrected chi connectivity index (χ3v) is 6.30. The second-order valence-corrected chi connectivity index (χ2v) is 8.34. The summed E-state index contributed by atoms with van der Waals surface area (Å²) in [6, 6.07) is 8.03. The van der Waals surface area contributed by atoms with Crippen LogP contribution in [0.15, 0.2) is 24.3 Å². The topological polar surface area (TPSA) is 50.8 Å². The lowest BCUT2D eigenvalue weighted by molar-refractivity contribution is -0.126. The van der Waals surface area contributed by atoms with Gasteiger partial charge in [0.1, 0.15) is 10.1 Å². The number of carbonyl (C=O) groups is 1. The van der Waals surface area contributed by atoms with E-state index < -0.39 is 9.75 Å². The highest BCUT2D eigenvalue weighted by molar-refractivity contribution is 6.53. The first-order valence-corrected chi connectivity index (χ1v) is 9.25. The van der Waals surface area contributed by atoms with Crippen molar-refractivity contribution in [2.75, 3.05) is 40.0 Å². The van der Waals surface area contributed by atoms with Gasteiger partial charge >= 0.3 is 0 Å². The van der Waals surface area contributed by atoms with Gasteiger partial charge in [-0.1, -0.05) is 12.1 Å². The van der Waals surface area contributed by atoms with Crippen molar-refractivity contribution in [2.24, 2.45) is 5.41 Å². The first-order chi connectivity index (χ1) is 11.9. The van der Waals surface area contributed by atoms with Gasteiger partial charge < -0.3 is 14.8 Å². The smallest absolute Gasteiger partial charge is 0.229 e. The Morgan fingerprint density at radius 1 is 1.32 bits per heavy atom. The molecule has 138 valence electrons. The SMILES string of the molecule is COc1ccc(C(CNC(=O)C2(C)CC2(Cl)Cl)N2CCOCC2)cc1. The van der Waals surface area contributed by atoms with Crippen LogP contribution in [0.3, 0.4) is 0 Å². The Labute approximate surface area is 158 Å². The Morgan fingerprint density at radius 3 is 2.44 bits per heavy atom. The zero-order valence-corrected chi connectivity index (χ0v) is 16.1. The quantitative estimate of drug-likeness (QED) is 0.763. The van der Waals surface area contributed by atoms with Gasteiger partial charge in [0, 0.05) is 19.6 Å². The summed E-state index contributed by atoms with van der Waals surface area (Å²) < 4.78 is 9.74.